The van der Waals surface area contributed by atoms with E-state index in [4.69, 9.17) is 0 Å². The Morgan fingerprint density at radius 3 is 2.50 bits per heavy atom. The molecule has 0 atom stereocenters. The molecule has 0 aliphatic carbocycles. The topological polar surface area (TPSA) is 12.0 Å². The van der Waals surface area contributed by atoms with E-state index < -0.39 is 0 Å². The molecule has 2 heteroatoms. The lowest BCUT2D eigenvalue weighted by Gasteiger charge is -2.05. The summed E-state index contributed by atoms with van der Waals surface area (Å²) >= 11 is 1.91. The van der Waals surface area contributed by atoms with Gasteiger partial charge in [0.2, 0.25) is 0 Å². The van der Waals surface area contributed by atoms with E-state index in [2.05, 4.69) is 25.4 Å². The van der Waals surface area contributed by atoms with Crippen LogP contribution < -0.4 is 5.32 Å². The summed E-state index contributed by atoms with van der Waals surface area (Å²) in [5, 5.41) is 3.44. The highest BCUT2D eigenvalue weighted by Crippen LogP contribution is 2.04. The van der Waals surface area contributed by atoms with Crippen LogP contribution >= 0.6 is 11.8 Å². The maximum Gasteiger partial charge on any atom is 0.00553 e. The van der Waals surface area contributed by atoms with Crippen LogP contribution in [0.15, 0.2) is 0 Å². The van der Waals surface area contributed by atoms with Crippen molar-refractivity contribution in [3.05, 3.63) is 0 Å². The molecule has 1 nitrogen and oxygen atoms in total. The van der Waals surface area contributed by atoms with Gasteiger partial charge in [-0.05, 0) is 25.1 Å². The second kappa shape index (κ2) is 9.40. The molecule has 0 aliphatic heterocycles. The summed E-state index contributed by atoms with van der Waals surface area (Å²) in [6.45, 7) is 6.96. The molecule has 1 N–H and O–H groups in total. The molecule has 0 unspecified atom stereocenters. The summed E-state index contributed by atoms with van der Waals surface area (Å²) in [4.78, 5) is 0. The van der Waals surface area contributed by atoms with Gasteiger partial charge in [-0.3, -0.25) is 0 Å². The molecule has 0 radical (unpaired) electrons. The van der Waals surface area contributed by atoms with Crippen molar-refractivity contribution in [3.63, 3.8) is 0 Å². The monoisotopic (exact) mass is 189 g/mol. The highest BCUT2D eigenvalue weighted by atomic mass is 32.2. The molecule has 12 heavy (non-hydrogen) atoms. The van der Waals surface area contributed by atoms with Gasteiger partial charge < -0.3 is 5.32 Å². The van der Waals surface area contributed by atoms with Gasteiger partial charge in [0.15, 0.2) is 0 Å². The first-order chi connectivity index (χ1) is 5.77. The Labute approximate surface area is 81.7 Å². The molecular weight excluding hydrogens is 166 g/mol. The fraction of sp³-hybridized carbons (Fsp3) is 1.00. The number of unbranched alkanes of at least 4 members (excludes halogenated alkanes) is 1. The molecule has 0 fully saturated rings. The van der Waals surface area contributed by atoms with Crippen molar-refractivity contribution in [1.29, 1.82) is 0 Å². The quantitative estimate of drug-likeness (QED) is 0.589. The Kier molecular flexibility index (Phi) is 9.64. The van der Waals surface area contributed by atoms with Crippen molar-refractivity contribution in [2.75, 3.05) is 25.1 Å². The number of hydrogen-bond donors (Lipinski definition) is 1. The Bertz CT molecular complexity index is 83.9. The fourth-order valence-electron chi connectivity index (χ4n) is 1.10. The zero-order valence-electron chi connectivity index (χ0n) is 8.73. The summed E-state index contributed by atoms with van der Waals surface area (Å²) < 4.78 is 0. The Balaban J connectivity index is 2.82. The number of nitrogens with one attached hydrogen (secondary N) is 1. The molecular formula is C10H23NS. The van der Waals surface area contributed by atoms with Crippen LogP contribution in [0.1, 0.15) is 33.1 Å². The number of hydrogen-bond acceptors (Lipinski definition) is 2. The third kappa shape index (κ3) is 10.3. The van der Waals surface area contributed by atoms with Gasteiger partial charge in [-0.2, -0.15) is 11.8 Å². The number of rotatable bonds is 8. The van der Waals surface area contributed by atoms with E-state index in [0.717, 1.165) is 5.92 Å². The summed E-state index contributed by atoms with van der Waals surface area (Å²) in [6, 6.07) is 0. The predicted molar refractivity (Wildman–Crippen MR) is 59.9 cm³/mol. The van der Waals surface area contributed by atoms with Gasteiger partial charge >= 0.3 is 0 Å². The minimum absolute atomic E-state index is 0.871. The van der Waals surface area contributed by atoms with E-state index in [1.165, 1.54) is 38.1 Å². The molecule has 0 aromatic rings. The van der Waals surface area contributed by atoms with Crippen LogP contribution in [-0.4, -0.2) is 25.1 Å². The first-order valence-corrected chi connectivity index (χ1v) is 6.36. The van der Waals surface area contributed by atoms with Crippen LogP contribution in [0.5, 0.6) is 0 Å². The Hall–Kier alpha value is 0.310. The molecule has 0 aromatic heterocycles. The van der Waals surface area contributed by atoms with Crippen molar-refractivity contribution in [1.82, 2.24) is 5.32 Å². The van der Waals surface area contributed by atoms with Crippen LogP contribution in [0.25, 0.3) is 0 Å². The summed E-state index contributed by atoms with van der Waals surface area (Å²) in [7, 11) is 0. The van der Waals surface area contributed by atoms with Crippen LogP contribution in [0.2, 0.25) is 0 Å². The van der Waals surface area contributed by atoms with Crippen LogP contribution in [0.4, 0.5) is 0 Å². The summed E-state index contributed by atoms with van der Waals surface area (Å²) in [6.07, 6.45) is 6.25. The molecule has 0 rings (SSSR count). The minimum atomic E-state index is 0.871. The van der Waals surface area contributed by atoms with E-state index in [0.29, 0.717) is 0 Å². The van der Waals surface area contributed by atoms with Crippen LogP contribution in [-0.2, 0) is 0 Å². The van der Waals surface area contributed by atoms with Gasteiger partial charge in [-0.1, -0.05) is 26.7 Å². The highest BCUT2D eigenvalue weighted by Gasteiger charge is 1.93. The van der Waals surface area contributed by atoms with Crippen molar-refractivity contribution >= 4 is 11.8 Å². The van der Waals surface area contributed by atoms with E-state index in [1.54, 1.807) is 0 Å². The minimum Gasteiger partial charge on any atom is -0.316 e. The molecule has 0 aromatic carbocycles. The van der Waals surface area contributed by atoms with Gasteiger partial charge in [-0.25, -0.2) is 0 Å². The largest absolute Gasteiger partial charge is 0.316 e. The predicted octanol–water partition coefficient (Wildman–Crippen LogP) is 2.77. The molecule has 0 amide bonds. The molecule has 0 saturated heterocycles. The maximum atomic E-state index is 3.44. The first-order valence-electron chi connectivity index (χ1n) is 4.97. The van der Waals surface area contributed by atoms with Crippen molar-refractivity contribution in [3.8, 4) is 0 Å². The van der Waals surface area contributed by atoms with E-state index in [9.17, 15) is 0 Å². The third-order valence-electron chi connectivity index (χ3n) is 1.87. The molecule has 0 heterocycles. The lowest BCUT2D eigenvalue weighted by atomic mass is 10.1. The fourth-order valence-corrected chi connectivity index (χ4v) is 1.45. The van der Waals surface area contributed by atoms with E-state index in [1.807, 2.05) is 11.8 Å². The van der Waals surface area contributed by atoms with Gasteiger partial charge in [0.05, 0.1) is 0 Å². The lowest BCUT2D eigenvalue weighted by molar-refractivity contribution is 0.525. The zero-order valence-corrected chi connectivity index (χ0v) is 9.54. The smallest absolute Gasteiger partial charge is 0.00553 e. The average Bonchev–Trinajstić information content (AvgIpc) is 2.02. The standard InChI is InChI=1S/C10H23NS/c1-10(2)6-4-5-7-11-8-9-12-3/h10-11H,4-9H2,1-3H3. The van der Waals surface area contributed by atoms with Gasteiger partial charge in [0.25, 0.3) is 0 Å². The molecule has 0 spiro atoms. The molecule has 0 aliphatic rings. The summed E-state index contributed by atoms with van der Waals surface area (Å²) in [5.74, 6) is 2.11. The second-order valence-electron chi connectivity index (χ2n) is 3.63. The molecule has 0 bridgehead atoms. The SMILES string of the molecule is CSCCNCCCCC(C)C. The van der Waals surface area contributed by atoms with Crippen molar-refractivity contribution in [2.45, 2.75) is 33.1 Å². The van der Waals surface area contributed by atoms with Gasteiger partial charge in [0.1, 0.15) is 0 Å². The van der Waals surface area contributed by atoms with E-state index in [-0.39, 0.29) is 0 Å². The maximum absolute atomic E-state index is 3.44. The lowest BCUT2D eigenvalue weighted by Crippen LogP contribution is -2.18. The molecule has 0 saturated carbocycles. The Morgan fingerprint density at radius 2 is 1.92 bits per heavy atom. The highest BCUT2D eigenvalue weighted by molar-refractivity contribution is 7.98. The Morgan fingerprint density at radius 1 is 1.17 bits per heavy atom. The van der Waals surface area contributed by atoms with Gasteiger partial charge in [-0.15, -0.1) is 0 Å². The van der Waals surface area contributed by atoms with Gasteiger partial charge in [0, 0.05) is 12.3 Å². The first kappa shape index (κ1) is 12.3. The van der Waals surface area contributed by atoms with Crippen molar-refractivity contribution < 1.29 is 0 Å². The van der Waals surface area contributed by atoms with Crippen molar-refractivity contribution in [2.24, 2.45) is 5.92 Å². The normalized spacial score (nSPS) is 11.0. The zero-order chi connectivity index (χ0) is 9.23. The second-order valence-corrected chi connectivity index (χ2v) is 4.62. The van der Waals surface area contributed by atoms with Crippen LogP contribution in [0.3, 0.4) is 0 Å². The summed E-state index contributed by atoms with van der Waals surface area (Å²) in [5.41, 5.74) is 0. The third-order valence-corrected chi connectivity index (χ3v) is 2.48. The average molecular weight is 189 g/mol. The van der Waals surface area contributed by atoms with Crippen LogP contribution in [0, 0.1) is 5.92 Å². The van der Waals surface area contributed by atoms with E-state index >= 15 is 0 Å². The number of thioether (sulfide) groups is 1. The molecule has 74 valence electrons.